The molecule has 2 rings (SSSR count). The first-order chi connectivity index (χ1) is 4.86. The Morgan fingerprint density at radius 3 is 3.08 bits per heavy atom. The van der Waals surface area contributed by atoms with Crippen LogP contribution in [0.1, 0.15) is 0 Å². The molecular formula is C6H12Cl2N2OS. The molecule has 0 aromatic heterocycles. The molecular weight excluding hydrogens is 219 g/mol. The fraction of sp³-hybridized carbons (Fsp3) is 0.667. The molecule has 3 nitrogen and oxygen atoms in total. The predicted molar refractivity (Wildman–Crippen MR) is 55.6 cm³/mol. The van der Waals surface area contributed by atoms with Gasteiger partial charge in [-0.15, -0.1) is 36.6 Å². The number of fused-ring (bicyclic) bond motifs is 1. The van der Waals surface area contributed by atoms with Gasteiger partial charge in [0.05, 0.1) is 12.3 Å². The normalized spacial score (nSPS) is 31.2. The Morgan fingerprint density at radius 1 is 1.58 bits per heavy atom. The molecule has 0 spiro atoms. The molecule has 2 aliphatic rings. The third kappa shape index (κ3) is 2.36. The molecule has 72 valence electrons. The maximum atomic E-state index is 5.65. The van der Waals surface area contributed by atoms with Gasteiger partial charge in [0.2, 0.25) is 0 Å². The lowest BCUT2D eigenvalue weighted by Crippen LogP contribution is -2.40. The molecule has 12 heavy (non-hydrogen) atoms. The summed E-state index contributed by atoms with van der Waals surface area (Å²) in [5, 5.41) is 3.16. The van der Waals surface area contributed by atoms with Gasteiger partial charge in [-0.2, -0.15) is 0 Å². The Morgan fingerprint density at radius 2 is 2.33 bits per heavy atom. The number of ether oxygens (including phenoxy) is 1. The number of thioether (sulfide) groups is 1. The van der Waals surface area contributed by atoms with Crippen molar-refractivity contribution >= 4 is 36.6 Å². The smallest absolute Gasteiger partial charge is 0.123 e. The lowest BCUT2D eigenvalue weighted by atomic mass is 10.1. The molecule has 0 aromatic carbocycles. The van der Waals surface area contributed by atoms with Crippen molar-refractivity contribution in [2.24, 2.45) is 11.7 Å². The van der Waals surface area contributed by atoms with Crippen LogP contribution in [-0.2, 0) is 4.74 Å². The summed E-state index contributed by atoms with van der Waals surface area (Å²) in [7, 11) is 0. The van der Waals surface area contributed by atoms with Crippen molar-refractivity contribution in [3.05, 3.63) is 12.0 Å². The first-order valence-corrected chi connectivity index (χ1v) is 4.36. The van der Waals surface area contributed by atoms with E-state index in [4.69, 9.17) is 10.5 Å². The van der Waals surface area contributed by atoms with Crippen LogP contribution < -0.4 is 11.1 Å². The Hall–Kier alpha value is 0.230. The molecule has 2 heterocycles. The molecule has 0 saturated carbocycles. The van der Waals surface area contributed by atoms with Gasteiger partial charge < -0.3 is 15.8 Å². The minimum Gasteiger partial charge on any atom is -0.499 e. The van der Waals surface area contributed by atoms with Crippen molar-refractivity contribution in [2.45, 2.75) is 5.50 Å². The summed E-state index contributed by atoms with van der Waals surface area (Å²) < 4.78 is 5.15. The van der Waals surface area contributed by atoms with Gasteiger partial charge >= 0.3 is 0 Å². The van der Waals surface area contributed by atoms with E-state index in [-0.39, 0.29) is 30.3 Å². The third-order valence-electron chi connectivity index (χ3n) is 1.73. The van der Waals surface area contributed by atoms with Crippen molar-refractivity contribution in [3.63, 3.8) is 0 Å². The summed E-state index contributed by atoms with van der Waals surface area (Å²) >= 11 is 1.74. The first-order valence-electron chi connectivity index (χ1n) is 3.31. The van der Waals surface area contributed by atoms with Crippen LogP contribution in [0, 0.1) is 5.92 Å². The molecule has 1 fully saturated rings. The van der Waals surface area contributed by atoms with Crippen molar-refractivity contribution < 1.29 is 4.74 Å². The molecule has 6 heteroatoms. The van der Waals surface area contributed by atoms with Gasteiger partial charge in [0.25, 0.3) is 0 Å². The largest absolute Gasteiger partial charge is 0.499 e. The molecule has 2 unspecified atom stereocenters. The number of rotatable bonds is 0. The molecule has 3 N–H and O–H groups in total. The summed E-state index contributed by atoms with van der Waals surface area (Å²) in [6.45, 7) is 0.821. The molecule has 0 bridgehead atoms. The zero-order chi connectivity index (χ0) is 6.97. The van der Waals surface area contributed by atoms with E-state index in [1.807, 2.05) is 0 Å². The molecule has 2 atom stereocenters. The van der Waals surface area contributed by atoms with Gasteiger partial charge in [0.1, 0.15) is 11.8 Å². The van der Waals surface area contributed by atoms with E-state index in [9.17, 15) is 0 Å². The Labute approximate surface area is 88.3 Å². The van der Waals surface area contributed by atoms with E-state index >= 15 is 0 Å². The Kier molecular flexibility index (Phi) is 5.16. The number of nitrogens with two attached hydrogens (primary N) is 1. The van der Waals surface area contributed by atoms with E-state index in [1.165, 1.54) is 5.70 Å². The maximum Gasteiger partial charge on any atom is 0.123 e. The molecule has 0 aromatic rings. The summed E-state index contributed by atoms with van der Waals surface area (Å²) in [5.41, 5.74) is 6.88. The quantitative estimate of drug-likeness (QED) is 0.650. The summed E-state index contributed by atoms with van der Waals surface area (Å²) in [4.78, 5) is 0. The van der Waals surface area contributed by atoms with Crippen LogP contribution in [-0.4, -0.2) is 17.9 Å². The zero-order valence-electron chi connectivity index (χ0n) is 6.36. The van der Waals surface area contributed by atoms with Crippen LogP contribution >= 0.6 is 36.6 Å². The van der Waals surface area contributed by atoms with E-state index in [1.54, 1.807) is 18.0 Å². The zero-order valence-corrected chi connectivity index (χ0v) is 8.81. The standard InChI is InChI=1S/C6H10N2OS.2ClH/c7-6-8-5-2-9-1-4(5)3-10-6;;/h2,4,6,8H,1,3,7H2;2*1H. The lowest BCUT2D eigenvalue weighted by molar-refractivity contribution is 0.255. The highest BCUT2D eigenvalue weighted by Gasteiger charge is 2.27. The van der Waals surface area contributed by atoms with Gasteiger partial charge in [-0.3, -0.25) is 0 Å². The van der Waals surface area contributed by atoms with Gasteiger partial charge in [0, 0.05) is 11.7 Å². The van der Waals surface area contributed by atoms with Crippen molar-refractivity contribution in [2.75, 3.05) is 12.4 Å². The SMILES string of the molecule is Cl.Cl.NC1NC2=COCC2CS1. The summed E-state index contributed by atoms with van der Waals surface area (Å²) in [6, 6.07) is 0. The van der Waals surface area contributed by atoms with Crippen LogP contribution in [0.5, 0.6) is 0 Å². The van der Waals surface area contributed by atoms with E-state index in [0.717, 1.165) is 12.4 Å². The predicted octanol–water partition coefficient (Wildman–Crippen LogP) is 0.897. The molecule has 0 radical (unpaired) electrons. The Bertz CT molecular complexity index is 179. The van der Waals surface area contributed by atoms with Crippen LogP contribution in [0.4, 0.5) is 0 Å². The number of nitrogens with one attached hydrogen (secondary N) is 1. The third-order valence-corrected chi connectivity index (χ3v) is 2.81. The minimum atomic E-state index is 0. The number of hydrogen-bond acceptors (Lipinski definition) is 4. The molecule has 1 saturated heterocycles. The highest BCUT2D eigenvalue weighted by molar-refractivity contribution is 7.99. The fourth-order valence-corrected chi connectivity index (χ4v) is 2.09. The van der Waals surface area contributed by atoms with Crippen LogP contribution in [0.25, 0.3) is 0 Å². The first kappa shape index (κ1) is 12.2. The highest BCUT2D eigenvalue weighted by Crippen LogP contribution is 2.27. The molecule has 2 aliphatic heterocycles. The average molecular weight is 231 g/mol. The highest BCUT2D eigenvalue weighted by atomic mass is 35.5. The number of halogens is 2. The van der Waals surface area contributed by atoms with Crippen LogP contribution in [0.3, 0.4) is 0 Å². The fourth-order valence-electron chi connectivity index (χ4n) is 1.16. The molecule has 0 amide bonds. The topological polar surface area (TPSA) is 47.3 Å². The minimum absolute atomic E-state index is 0. The van der Waals surface area contributed by atoms with E-state index < -0.39 is 0 Å². The van der Waals surface area contributed by atoms with Gasteiger partial charge in [-0.25, -0.2) is 0 Å². The monoisotopic (exact) mass is 230 g/mol. The molecule has 0 aliphatic carbocycles. The maximum absolute atomic E-state index is 5.65. The van der Waals surface area contributed by atoms with Gasteiger partial charge in [-0.1, -0.05) is 0 Å². The van der Waals surface area contributed by atoms with E-state index in [2.05, 4.69) is 5.32 Å². The van der Waals surface area contributed by atoms with E-state index in [0.29, 0.717) is 5.92 Å². The van der Waals surface area contributed by atoms with Crippen molar-refractivity contribution in [1.82, 2.24) is 5.32 Å². The van der Waals surface area contributed by atoms with Gasteiger partial charge in [-0.05, 0) is 0 Å². The second-order valence-electron chi connectivity index (χ2n) is 2.50. The summed E-state index contributed by atoms with van der Waals surface area (Å²) in [5.74, 6) is 1.64. The van der Waals surface area contributed by atoms with Crippen LogP contribution in [0.15, 0.2) is 12.0 Å². The second kappa shape index (κ2) is 5.07. The Balaban J connectivity index is 0.000000605. The summed E-state index contributed by atoms with van der Waals surface area (Å²) in [6.07, 6.45) is 1.78. The lowest BCUT2D eigenvalue weighted by Gasteiger charge is -2.25. The van der Waals surface area contributed by atoms with Gasteiger partial charge in [0.15, 0.2) is 0 Å². The average Bonchev–Trinajstić information content (AvgIpc) is 2.33. The van der Waals surface area contributed by atoms with Crippen molar-refractivity contribution in [1.29, 1.82) is 0 Å². The number of hydrogen-bond donors (Lipinski definition) is 2. The van der Waals surface area contributed by atoms with Crippen molar-refractivity contribution in [3.8, 4) is 0 Å². The second-order valence-corrected chi connectivity index (χ2v) is 3.68. The van der Waals surface area contributed by atoms with Crippen LogP contribution in [0.2, 0.25) is 0 Å².